The van der Waals surface area contributed by atoms with Gasteiger partial charge in [-0.1, -0.05) is 6.08 Å². The molecule has 0 aliphatic carbocycles. The number of hydrogen-bond donors (Lipinski definition) is 3. The second-order valence-corrected chi connectivity index (χ2v) is 4.51. The van der Waals surface area contributed by atoms with Gasteiger partial charge in [-0.05, 0) is 0 Å². The van der Waals surface area contributed by atoms with Crippen molar-refractivity contribution >= 4 is 41.2 Å². The van der Waals surface area contributed by atoms with Crippen LogP contribution < -0.4 is 15.5 Å². The summed E-state index contributed by atoms with van der Waals surface area (Å²) in [4.78, 5) is 19.3. The van der Waals surface area contributed by atoms with E-state index in [2.05, 4.69) is 37.1 Å². The van der Waals surface area contributed by atoms with Crippen LogP contribution in [-0.4, -0.2) is 58.8 Å². The second kappa shape index (κ2) is 8.30. The average molecular weight is 326 g/mol. The van der Waals surface area contributed by atoms with Gasteiger partial charge in [-0.25, -0.2) is 15.0 Å². The summed E-state index contributed by atoms with van der Waals surface area (Å²) >= 11 is 0. The Morgan fingerprint density at radius 1 is 1.23 bits per heavy atom. The smallest absolute Gasteiger partial charge is 0.225 e. The van der Waals surface area contributed by atoms with E-state index < -0.39 is 0 Å². The molecular formula is C13H20ClN7O. The Bertz CT molecular complexity index is 635. The van der Waals surface area contributed by atoms with Crippen molar-refractivity contribution in [1.29, 1.82) is 0 Å². The second-order valence-electron chi connectivity index (χ2n) is 4.51. The fraction of sp³-hybridized carbons (Fsp3) is 0.385. The van der Waals surface area contributed by atoms with Gasteiger partial charge in [0.1, 0.15) is 11.0 Å². The molecule has 0 radical (unpaired) electrons. The van der Waals surface area contributed by atoms with E-state index in [1.54, 1.807) is 12.3 Å². The van der Waals surface area contributed by atoms with E-state index in [0.717, 1.165) is 0 Å². The number of aliphatic hydroxyl groups is 1. The summed E-state index contributed by atoms with van der Waals surface area (Å²) in [5.41, 5.74) is 1.30. The Morgan fingerprint density at radius 2 is 2.00 bits per heavy atom. The quantitative estimate of drug-likeness (QED) is 0.646. The zero-order valence-corrected chi connectivity index (χ0v) is 13.4. The van der Waals surface area contributed by atoms with Crippen molar-refractivity contribution in [3.8, 4) is 0 Å². The maximum atomic E-state index is 8.84. The van der Waals surface area contributed by atoms with E-state index in [0.29, 0.717) is 41.8 Å². The molecule has 0 saturated carbocycles. The largest absolute Gasteiger partial charge is 0.395 e. The van der Waals surface area contributed by atoms with Crippen LogP contribution >= 0.6 is 12.4 Å². The van der Waals surface area contributed by atoms with Crippen molar-refractivity contribution in [2.75, 3.05) is 49.3 Å². The van der Waals surface area contributed by atoms with Crippen molar-refractivity contribution in [1.82, 2.24) is 19.9 Å². The maximum Gasteiger partial charge on any atom is 0.225 e. The van der Waals surface area contributed by atoms with Gasteiger partial charge in [0, 0.05) is 27.2 Å². The molecule has 0 fully saturated rings. The Hall–Kier alpha value is -2.19. The van der Waals surface area contributed by atoms with Crippen molar-refractivity contribution in [3.05, 3.63) is 18.9 Å². The van der Waals surface area contributed by atoms with Gasteiger partial charge in [0.15, 0.2) is 5.82 Å². The molecule has 22 heavy (non-hydrogen) atoms. The average Bonchev–Trinajstić information content (AvgIpc) is 2.49. The number of fused-ring (bicyclic) bond motifs is 1. The highest BCUT2D eigenvalue weighted by atomic mass is 35.5. The number of hydrogen-bond acceptors (Lipinski definition) is 8. The van der Waals surface area contributed by atoms with Crippen LogP contribution in [0.4, 0.5) is 17.7 Å². The van der Waals surface area contributed by atoms with Crippen LogP contribution in [0.5, 0.6) is 0 Å². The Labute approximate surface area is 135 Å². The molecule has 0 saturated heterocycles. The zero-order chi connectivity index (χ0) is 15.2. The number of nitrogens with zero attached hydrogens (tertiary/aromatic N) is 5. The molecule has 0 aliphatic rings. The van der Waals surface area contributed by atoms with Crippen LogP contribution in [-0.2, 0) is 0 Å². The topological polar surface area (TPSA) is 99.1 Å². The Kier molecular flexibility index (Phi) is 6.74. The number of aromatic nitrogens is 4. The van der Waals surface area contributed by atoms with E-state index in [1.165, 1.54) is 0 Å². The van der Waals surface area contributed by atoms with Gasteiger partial charge in [0.05, 0.1) is 12.8 Å². The molecule has 2 rings (SSSR count). The minimum Gasteiger partial charge on any atom is -0.395 e. The van der Waals surface area contributed by atoms with Gasteiger partial charge in [-0.2, -0.15) is 4.98 Å². The minimum atomic E-state index is 0. The molecule has 0 amide bonds. The predicted molar refractivity (Wildman–Crippen MR) is 91.0 cm³/mol. The minimum absolute atomic E-state index is 0. The molecule has 8 nitrogen and oxygen atoms in total. The lowest BCUT2D eigenvalue weighted by Gasteiger charge is -2.15. The molecule has 120 valence electrons. The molecule has 2 aromatic heterocycles. The lowest BCUT2D eigenvalue weighted by molar-refractivity contribution is 0.311. The number of aliphatic hydroxyl groups excluding tert-OH is 1. The van der Waals surface area contributed by atoms with Crippen molar-refractivity contribution < 1.29 is 5.11 Å². The van der Waals surface area contributed by atoms with Gasteiger partial charge in [0.25, 0.3) is 0 Å². The first-order chi connectivity index (χ1) is 10.2. The van der Waals surface area contributed by atoms with E-state index in [4.69, 9.17) is 5.11 Å². The molecule has 0 unspecified atom stereocenters. The first-order valence-corrected chi connectivity index (χ1v) is 6.57. The molecule has 2 aromatic rings. The third-order valence-electron chi connectivity index (χ3n) is 2.64. The van der Waals surface area contributed by atoms with Gasteiger partial charge >= 0.3 is 0 Å². The highest BCUT2D eigenvalue weighted by Gasteiger charge is 2.12. The van der Waals surface area contributed by atoms with Crippen LogP contribution in [0.25, 0.3) is 11.0 Å². The lowest BCUT2D eigenvalue weighted by Crippen LogP contribution is -2.15. The number of rotatable bonds is 7. The van der Waals surface area contributed by atoms with E-state index in [-0.39, 0.29) is 19.0 Å². The predicted octanol–water partition coefficient (Wildman–Crippen LogP) is 0.910. The molecule has 0 atom stereocenters. The van der Waals surface area contributed by atoms with Gasteiger partial charge < -0.3 is 20.6 Å². The molecule has 0 bridgehead atoms. The molecule has 0 spiro atoms. The number of nitrogens with one attached hydrogen (secondary N) is 2. The van der Waals surface area contributed by atoms with E-state index in [1.807, 2.05) is 19.0 Å². The molecule has 2 heterocycles. The third kappa shape index (κ3) is 4.15. The molecular weight excluding hydrogens is 306 g/mol. The highest BCUT2D eigenvalue weighted by molar-refractivity contribution is 5.86. The summed E-state index contributed by atoms with van der Waals surface area (Å²) in [6.07, 6.45) is 3.37. The normalized spacial score (nSPS) is 9.95. The maximum absolute atomic E-state index is 8.84. The van der Waals surface area contributed by atoms with Gasteiger partial charge in [0.2, 0.25) is 11.9 Å². The SMILES string of the molecule is C=CCNc1nc(N(C)C)c2nc(NCCO)ncc2n1.Cl. The summed E-state index contributed by atoms with van der Waals surface area (Å²) < 4.78 is 0. The van der Waals surface area contributed by atoms with Crippen LogP contribution in [0.3, 0.4) is 0 Å². The summed E-state index contributed by atoms with van der Waals surface area (Å²) in [5.74, 6) is 1.64. The van der Waals surface area contributed by atoms with Crippen molar-refractivity contribution in [2.45, 2.75) is 0 Å². The molecule has 0 aliphatic heterocycles. The third-order valence-corrected chi connectivity index (χ3v) is 2.64. The Balaban J connectivity index is 0.00000242. The summed E-state index contributed by atoms with van der Waals surface area (Å²) in [6.45, 7) is 4.64. The Morgan fingerprint density at radius 3 is 2.64 bits per heavy atom. The zero-order valence-electron chi connectivity index (χ0n) is 12.6. The highest BCUT2D eigenvalue weighted by Crippen LogP contribution is 2.22. The molecule has 3 N–H and O–H groups in total. The van der Waals surface area contributed by atoms with Crippen LogP contribution in [0.2, 0.25) is 0 Å². The summed E-state index contributed by atoms with van der Waals surface area (Å²) in [5, 5.41) is 14.8. The number of halogens is 1. The summed E-state index contributed by atoms with van der Waals surface area (Å²) in [7, 11) is 3.78. The first-order valence-electron chi connectivity index (χ1n) is 6.57. The van der Waals surface area contributed by atoms with E-state index >= 15 is 0 Å². The first kappa shape index (κ1) is 17.9. The van der Waals surface area contributed by atoms with E-state index in [9.17, 15) is 0 Å². The van der Waals surface area contributed by atoms with Gasteiger partial charge in [-0.15, -0.1) is 19.0 Å². The fourth-order valence-corrected chi connectivity index (χ4v) is 1.72. The van der Waals surface area contributed by atoms with Crippen LogP contribution in [0.15, 0.2) is 18.9 Å². The standard InChI is InChI=1S/C13H19N7O.ClH/c1-4-5-14-13-17-9-8-16-12(15-6-7-21)18-10(9)11(19-13)20(2)3;/h4,8,21H,1,5-7H2,2-3H3,(H,14,17,19)(H,15,16,18);1H. The van der Waals surface area contributed by atoms with Crippen molar-refractivity contribution in [3.63, 3.8) is 0 Å². The molecule has 9 heteroatoms. The fourth-order valence-electron chi connectivity index (χ4n) is 1.72. The lowest BCUT2D eigenvalue weighted by atomic mass is 10.4. The molecule has 0 aromatic carbocycles. The van der Waals surface area contributed by atoms with Crippen LogP contribution in [0, 0.1) is 0 Å². The van der Waals surface area contributed by atoms with Crippen LogP contribution in [0.1, 0.15) is 0 Å². The van der Waals surface area contributed by atoms with Gasteiger partial charge in [-0.3, -0.25) is 0 Å². The van der Waals surface area contributed by atoms with Crippen molar-refractivity contribution in [2.24, 2.45) is 0 Å². The monoisotopic (exact) mass is 325 g/mol. The number of anilines is 3. The summed E-state index contributed by atoms with van der Waals surface area (Å²) in [6, 6.07) is 0.